The summed E-state index contributed by atoms with van der Waals surface area (Å²) in [5.74, 6) is 0.535. The quantitative estimate of drug-likeness (QED) is 0.944. The fraction of sp³-hybridized carbons (Fsp3) is 0.333. The van der Waals surface area contributed by atoms with Crippen LogP contribution in [0.2, 0.25) is 5.02 Å². The molecule has 2 aromatic rings. The maximum Gasteiger partial charge on any atom is 0.227 e. The van der Waals surface area contributed by atoms with Crippen molar-refractivity contribution < 1.29 is 4.74 Å². The van der Waals surface area contributed by atoms with Crippen LogP contribution in [-0.2, 0) is 4.74 Å². The second-order valence-corrected chi connectivity index (χ2v) is 5.43. The van der Waals surface area contributed by atoms with Crippen LogP contribution in [0, 0.1) is 0 Å². The molecule has 110 valence electrons. The largest absolute Gasteiger partial charge is 0.375 e. The molecule has 1 aromatic heterocycles. The SMILES string of the molecule is CC1CN(c2ccccc2Nc2ncc(Cl)cn2)CCO1. The zero-order chi connectivity index (χ0) is 14.7. The van der Waals surface area contributed by atoms with Crippen LogP contribution >= 0.6 is 11.6 Å². The number of hydrogen-bond acceptors (Lipinski definition) is 5. The Kier molecular flexibility index (Phi) is 4.22. The van der Waals surface area contributed by atoms with Crippen LogP contribution in [0.1, 0.15) is 6.92 Å². The van der Waals surface area contributed by atoms with Gasteiger partial charge in [-0.15, -0.1) is 0 Å². The third-order valence-electron chi connectivity index (χ3n) is 3.35. The molecule has 0 spiro atoms. The summed E-state index contributed by atoms with van der Waals surface area (Å²) in [7, 11) is 0. The first-order valence-electron chi connectivity index (χ1n) is 6.92. The van der Waals surface area contributed by atoms with Crippen molar-refractivity contribution in [3.63, 3.8) is 0 Å². The normalized spacial score (nSPS) is 18.6. The van der Waals surface area contributed by atoms with Crippen molar-refractivity contribution in [1.29, 1.82) is 0 Å². The van der Waals surface area contributed by atoms with Crippen molar-refractivity contribution in [2.75, 3.05) is 29.9 Å². The van der Waals surface area contributed by atoms with Gasteiger partial charge in [0.2, 0.25) is 5.95 Å². The molecule has 0 bridgehead atoms. The summed E-state index contributed by atoms with van der Waals surface area (Å²) >= 11 is 5.81. The number of aromatic nitrogens is 2. The van der Waals surface area contributed by atoms with E-state index in [9.17, 15) is 0 Å². The average Bonchev–Trinajstić information content (AvgIpc) is 2.50. The highest BCUT2D eigenvalue weighted by molar-refractivity contribution is 6.30. The molecule has 1 aliphatic rings. The van der Waals surface area contributed by atoms with Gasteiger partial charge in [0, 0.05) is 13.1 Å². The lowest BCUT2D eigenvalue weighted by Gasteiger charge is -2.34. The summed E-state index contributed by atoms with van der Waals surface area (Å²) in [5.41, 5.74) is 2.11. The lowest BCUT2D eigenvalue weighted by Crippen LogP contribution is -2.41. The predicted molar refractivity (Wildman–Crippen MR) is 84.4 cm³/mol. The average molecular weight is 305 g/mol. The minimum absolute atomic E-state index is 0.235. The lowest BCUT2D eigenvalue weighted by atomic mass is 10.2. The van der Waals surface area contributed by atoms with Crippen LogP contribution in [0.15, 0.2) is 36.7 Å². The maximum absolute atomic E-state index is 5.81. The van der Waals surface area contributed by atoms with Crippen LogP contribution in [-0.4, -0.2) is 35.8 Å². The Morgan fingerprint density at radius 3 is 2.81 bits per heavy atom. The third-order valence-corrected chi connectivity index (χ3v) is 3.55. The molecule has 1 saturated heterocycles. The zero-order valence-electron chi connectivity index (χ0n) is 11.8. The molecule has 1 aliphatic heterocycles. The van der Waals surface area contributed by atoms with Gasteiger partial charge in [-0.1, -0.05) is 23.7 Å². The monoisotopic (exact) mass is 304 g/mol. The number of nitrogens with zero attached hydrogens (tertiary/aromatic N) is 3. The van der Waals surface area contributed by atoms with Gasteiger partial charge in [0.15, 0.2) is 0 Å². The van der Waals surface area contributed by atoms with Crippen molar-refractivity contribution in [2.45, 2.75) is 13.0 Å². The molecular weight excluding hydrogens is 288 g/mol. The van der Waals surface area contributed by atoms with E-state index in [1.165, 1.54) is 0 Å². The molecule has 0 aliphatic carbocycles. The molecular formula is C15H17ClN4O. The van der Waals surface area contributed by atoms with Crippen molar-refractivity contribution >= 4 is 28.9 Å². The number of rotatable bonds is 3. The standard InChI is InChI=1S/C15H17ClN4O/c1-11-10-20(6-7-21-11)14-5-3-2-4-13(14)19-15-17-8-12(16)9-18-15/h2-5,8-9,11H,6-7,10H2,1H3,(H,17,18,19). The number of para-hydroxylation sites is 2. The number of nitrogens with one attached hydrogen (secondary N) is 1. The van der Waals surface area contributed by atoms with E-state index in [4.69, 9.17) is 16.3 Å². The lowest BCUT2D eigenvalue weighted by molar-refractivity contribution is 0.0533. The van der Waals surface area contributed by atoms with Gasteiger partial charge >= 0.3 is 0 Å². The molecule has 1 unspecified atom stereocenters. The molecule has 5 nitrogen and oxygen atoms in total. The first-order valence-corrected chi connectivity index (χ1v) is 7.30. The van der Waals surface area contributed by atoms with E-state index < -0.39 is 0 Å². The maximum atomic E-state index is 5.81. The summed E-state index contributed by atoms with van der Waals surface area (Å²) in [4.78, 5) is 10.7. The summed E-state index contributed by atoms with van der Waals surface area (Å²) in [6.45, 7) is 4.59. The number of hydrogen-bond donors (Lipinski definition) is 1. The topological polar surface area (TPSA) is 50.3 Å². The molecule has 0 saturated carbocycles. The van der Waals surface area contributed by atoms with E-state index >= 15 is 0 Å². The minimum atomic E-state index is 0.235. The van der Waals surface area contributed by atoms with Crippen LogP contribution in [0.25, 0.3) is 0 Å². The molecule has 6 heteroatoms. The number of benzene rings is 1. The Hall–Kier alpha value is -1.85. The Morgan fingerprint density at radius 1 is 1.29 bits per heavy atom. The second-order valence-electron chi connectivity index (χ2n) is 4.99. The van der Waals surface area contributed by atoms with Crippen molar-refractivity contribution in [2.24, 2.45) is 0 Å². The number of anilines is 3. The van der Waals surface area contributed by atoms with Crippen molar-refractivity contribution in [3.8, 4) is 0 Å². The number of morpholine rings is 1. The van der Waals surface area contributed by atoms with Crippen LogP contribution < -0.4 is 10.2 Å². The molecule has 1 fully saturated rings. The highest BCUT2D eigenvalue weighted by atomic mass is 35.5. The second kappa shape index (κ2) is 6.28. The smallest absolute Gasteiger partial charge is 0.227 e. The summed E-state index contributed by atoms with van der Waals surface area (Å²) in [6.07, 6.45) is 3.39. The number of ether oxygens (including phenoxy) is 1. The van der Waals surface area contributed by atoms with Gasteiger partial charge in [-0.3, -0.25) is 0 Å². The first-order chi connectivity index (χ1) is 10.2. The summed E-state index contributed by atoms with van der Waals surface area (Å²) in [6, 6.07) is 8.14. The first kappa shape index (κ1) is 14.1. The van der Waals surface area contributed by atoms with Crippen LogP contribution in [0.3, 0.4) is 0 Å². The summed E-state index contributed by atoms with van der Waals surface area (Å²) in [5, 5.41) is 3.77. The molecule has 0 radical (unpaired) electrons. The van der Waals surface area contributed by atoms with E-state index in [1.54, 1.807) is 12.4 Å². The van der Waals surface area contributed by atoms with E-state index in [1.807, 2.05) is 18.2 Å². The molecule has 3 rings (SSSR count). The van der Waals surface area contributed by atoms with Gasteiger partial charge in [-0.25, -0.2) is 9.97 Å². The van der Waals surface area contributed by atoms with Gasteiger partial charge < -0.3 is 15.0 Å². The zero-order valence-corrected chi connectivity index (χ0v) is 12.5. The Labute approximate surface area is 128 Å². The Morgan fingerprint density at radius 2 is 2.05 bits per heavy atom. The molecule has 21 heavy (non-hydrogen) atoms. The molecule has 2 heterocycles. The molecule has 1 N–H and O–H groups in total. The van der Waals surface area contributed by atoms with E-state index in [-0.39, 0.29) is 6.10 Å². The van der Waals surface area contributed by atoms with Crippen LogP contribution in [0.5, 0.6) is 0 Å². The van der Waals surface area contributed by atoms with E-state index in [0.717, 1.165) is 31.1 Å². The van der Waals surface area contributed by atoms with Gasteiger partial charge in [0.05, 0.1) is 41.5 Å². The van der Waals surface area contributed by atoms with Gasteiger partial charge in [-0.2, -0.15) is 0 Å². The van der Waals surface area contributed by atoms with Gasteiger partial charge in [-0.05, 0) is 19.1 Å². The van der Waals surface area contributed by atoms with Crippen LogP contribution in [0.4, 0.5) is 17.3 Å². The highest BCUT2D eigenvalue weighted by Crippen LogP contribution is 2.29. The number of halogens is 1. The summed E-state index contributed by atoms with van der Waals surface area (Å²) < 4.78 is 5.60. The van der Waals surface area contributed by atoms with Gasteiger partial charge in [0.1, 0.15) is 0 Å². The van der Waals surface area contributed by atoms with Gasteiger partial charge in [0.25, 0.3) is 0 Å². The van der Waals surface area contributed by atoms with E-state index in [0.29, 0.717) is 11.0 Å². The highest BCUT2D eigenvalue weighted by Gasteiger charge is 2.19. The van der Waals surface area contributed by atoms with E-state index in [2.05, 4.69) is 33.2 Å². The minimum Gasteiger partial charge on any atom is -0.375 e. The molecule has 1 aromatic carbocycles. The van der Waals surface area contributed by atoms with Crippen molar-refractivity contribution in [1.82, 2.24) is 9.97 Å². The third kappa shape index (κ3) is 3.43. The molecule has 0 amide bonds. The predicted octanol–water partition coefficient (Wildman–Crippen LogP) is 3.10. The van der Waals surface area contributed by atoms with Crippen molar-refractivity contribution in [3.05, 3.63) is 41.7 Å². The Balaban J connectivity index is 1.83. The molecule has 1 atom stereocenters. The fourth-order valence-corrected chi connectivity index (χ4v) is 2.49. The Bertz CT molecular complexity index is 605. The fourth-order valence-electron chi connectivity index (χ4n) is 2.39.